The molecule has 2 aliphatic carbocycles. The summed E-state index contributed by atoms with van der Waals surface area (Å²) >= 11 is 0. The predicted molar refractivity (Wildman–Crippen MR) is 124 cm³/mol. The zero-order valence-corrected chi connectivity index (χ0v) is 19.2. The Bertz CT molecular complexity index is 699. The lowest BCUT2D eigenvalue weighted by Gasteiger charge is -2.30. The lowest BCUT2D eigenvalue weighted by molar-refractivity contribution is -0.154. The van der Waals surface area contributed by atoms with Crippen LogP contribution in [0.1, 0.15) is 78.2 Å². The van der Waals surface area contributed by atoms with Crippen molar-refractivity contribution < 1.29 is 9.53 Å². The van der Waals surface area contributed by atoms with Crippen molar-refractivity contribution in [3.63, 3.8) is 0 Å². The molecule has 1 aromatic carbocycles. The molecule has 0 bridgehead atoms. The molecular formula is C26H40N2O2. The summed E-state index contributed by atoms with van der Waals surface area (Å²) in [6.07, 6.45) is 10.1. The van der Waals surface area contributed by atoms with E-state index in [1.54, 1.807) is 5.57 Å². The molecule has 2 atom stereocenters. The lowest BCUT2D eigenvalue weighted by atomic mass is 9.91. The molecule has 0 heterocycles. The maximum Gasteiger partial charge on any atom is 0.307 e. The molecule has 2 aliphatic rings. The second kappa shape index (κ2) is 10.6. The summed E-state index contributed by atoms with van der Waals surface area (Å²) < 4.78 is 5.38. The maximum absolute atomic E-state index is 11.8. The van der Waals surface area contributed by atoms with Crippen LogP contribution in [0.15, 0.2) is 35.9 Å². The van der Waals surface area contributed by atoms with Crippen LogP contribution in [-0.4, -0.2) is 36.2 Å². The summed E-state index contributed by atoms with van der Waals surface area (Å²) in [6, 6.07) is 12.5. The van der Waals surface area contributed by atoms with Gasteiger partial charge in [-0.25, -0.2) is 0 Å². The Labute approximate surface area is 182 Å². The first-order valence-corrected chi connectivity index (χ1v) is 11.8. The first-order valence-electron chi connectivity index (χ1n) is 11.8. The Morgan fingerprint density at radius 1 is 1.10 bits per heavy atom. The van der Waals surface area contributed by atoms with Gasteiger partial charge in [-0.2, -0.15) is 0 Å². The van der Waals surface area contributed by atoms with Crippen LogP contribution in [0.3, 0.4) is 0 Å². The first-order chi connectivity index (χ1) is 14.3. The van der Waals surface area contributed by atoms with Gasteiger partial charge in [0.05, 0.1) is 6.42 Å². The maximum atomic E-state index is 11.8. The fraction of sp³-hybridized carbons (Fsp3) is 0.654. The Balaban J connectivity index is 1.34. The van der Waals surface area contributed by atoms with E-state index in [9.17, 15) is 4.79 Å². The summed E-state index contributed by atoms with van der Waals surface area (Å²) in [6.45, 7) is 8.73. The lowest BCUT2D eigenvalue weighted by Crippen LogP contribution is -2.41. The average molecular weight is 413 g/mol. The molecule has 2 fully saturated rings. The van der Waals surface area contributed by atoms with Crippen molar-refractivity contribution in [2.45, 2.75) is 96.4 Å². The SMILES string of the molecule is CCC(=Cc1ccccc1)[C@@H]1C[C@H]1N[C@H]1CC[C@@H](NCCC(=O)OC(C)(C)C)CC1. The minimum Gasteiger partial charge on any atom is -0.460 e. The van der Waals surface area contributed by atoms with Gasteiger partial charge in [0.25, 0.3) is 0 Å². The van der Waals surface area contributed by atoms with Crippen molar-refractivity contribution in [2.75, 3.05) is 6.54 Å². The van der Waals surface area contributed by atoms with Crippen molar-refractivity contribution in [1.29, 1.82) is 0 Å². The van der Waals surface area contributed by atoms with Gasteiger partial charge in [0.15, 0.2) is 0 Å². The largest absolute Gasteiger partial charge is 0.460 e. The number of carbonyl (C=O) groups excluding carboxylic acids is 1. The molecule has 0 amide bonds. The van der Waals surface area contributed by atoms with Gasteiger partial charge in [0, 0.05) is 24.7 Å². The zero-order chi connectivity index (χ0) is 21.6. The Hall–Kier alpha value is -1.65. The Morgan fingerprint density at radius 2 is 1.77 bits per heavy atom. The summed E-state index contributed by atoms with van der Waals surface area (Å²) in [5.74, 6) is 0.597. The van der Waals surface area contributed by atoms with Crippen LogP contribution in [0.25, 0.3) is 6.08 Å². The molecule has 4 nitrogen and oxygen atoms in total. The number of esters is 1. The molecule has 166 valence electrons. The van der Waals surface area contributed by atoms with Gasteiger partial charge < -0.3 is 15.4 Å². The minimum absolute atomic E-state index is 0.111. The molecule has 1 aromatic rings. The molecule has 0 saturated heterocycles. The summed E-state index contributed by atoms with van der Waals surface area (Å²) in [4.78, 5) is 11.8. The van der Waals surface area contributed by atoms with Crippen molar-refractivity contribution in [1.82, 2.24) is 10.6 Å². The van der Waals surface area contributed by atoms with Gasteiger partial charge >= 0.3 is 5.97 Å². The van der Waals surface area contributed by atoms with Gasteiger partial charge in [-0.1, -0.05) is 48.9 Å². The number of hydrogen-bond donors (Lipinski definition) is 2. The number of benzene rings is 1. The molecule has 0 unspecified atom stereocenters. The fourth-order valence-corrected chi connectivity index (χ4v) is 4.56. The molecular weight excluding hydrogens is 372 g/mol. The molecule has 0 spiro atoms. The van der Waals surface area contributed by atoms with Gasteiger partial charge in [0.1, 0.15) is 5.60 Å². The van der Waals surface area contributed by atoms with Crippen molar-refractivity contribution >= 4 is 12.0 Å². The highest BCUT2D eigenvalue weighted by Crippen LogP contribution is 2.40. The molecule has 3 rings (SSSR count). The number of ether oxygens (including phenoxy) is 1. The fourth-order valence-electron chi connectivity index (χ4n) is 4.56. The van der Waals surface area contributed by atoms with E-state index in [0.29, 0.717) is 37.0 Å². The second-order valence-corrected chi connectivity index (χ2v) is 9.94. The van der Waals surface area contributed by atoms with E-state index < -0.39 is 5.60 Å². The topological polar surface area (TPSA) is 50.4 Å². The van der Waals surface area contributed by atoms with Crippen LogP contribution in [0.2, 0.25) is 0 Å². The van der Waals surface area contributed by atoms with E-state index in [1.165, 1.54) is 37.7 Å². The molecule has 0 aromatic heterocycles. The van der Waals surface area contributed by atoms with Crippen LogP contribution >= 0.6 is 0 Å². The summed E-state index contributed by atoms with van der Waals surface area (Å²) in [7, 11) is 0. The highest BCUT2D eigenvalue weighted by Gasteiger charge is 2.40. The van der Waals surface area contributed by atoms with Crippen LogP contribution < -0.4 is 10.6 Å². The molecule has 0 aliphatic heterocycles. The first kappa shape index (κ1) is 23.0. The van der Waals surface area contributed by atoms with E-state index in [0.717, 1.165) is 6.42 Å². The highest BCUT2D eigenvalue weighted by atomic mass is 16.6. The van der Waals surface area contributed by atoms with E-state index in [-0.39, 0.29) is 5.97 Å². The number of hydrogen-bond acceptors (Lipinski definition) is 4. The molecule has 4 heteroatoms. The van der Waals surface area contributed by atoms with Gasteiger partial charge in [-0.15, -0.1) is 0 Å². The smallest absolute Gasteiger partial charge is 0.307 e. The molecule has 0 radical (unpaired) electrons. The van der Waals surface area contributed by atoms with E-state index >= 15 is 0 Å². The molecule has 30 heavy (non-hydrogen) atoms. The van der Waals surface area contributed by atoms with Crippen molar-refractivity contribution in [2.24, 2.45) is 5.92 Å². The Kier molecular flexibility index (Phi) is 8.13. The van der Waals surface area contributed by atoms with Gasteiger partial charge in [0.2, 0.25) is 0 Å². The number of rotatable bonds is 9. The van der Waals surface area contributed by atoms with Crippen molar-refractivity contribution in [3.8, 4) is 0 Å². The van der Waals surface area contributed by atoms with E-state index in [2.05, 4.69) is 54.0 Å². The third kappa shape index (κ3) is 7.55. The quantitative estimate of drug-likeness (QED) is 0.555. The van der Waals surface area contributed by atoms with Gasteiger partial charge in [-0.3, -0.25) is 4.79 Å². The molecule has 2 saturated carbocycles. The minimum atomic E-state index is -0.393. The van der Waals surface area contributed by atoms with E-state index in [4.69, 9.17) is 4.74 Å². The predicted octanol–water partition coefficient (Wildman–Crippen LogP) is 5.09. The monoisotopic (exact) mass is 412 g/mol. The summed E-state index contributed by atoms with van der Waals surface area (Å²) in [5, 5.41) is 7.47. The zero-order valence-electron chi connectivity index (χ0n) is 19.2. The standard InChI is InChI=1S/C26H40N2O2/c1-5-20(17-19-9-7-6-8-10-19)23-18-24(23)28-22-13-11-21(12-14-22)27-16-15-25(29)30-26(2,3)4/h6-10,17,21-24,27-28H,5,11-16,18H2,1-4H3/t21-,22+,23-,24+/m0/s1. The van der Waals surface area contributed by atoms with Crippen LogP contribution in [0, 0.1) is 5.92 Å². The normalized spacial score (nSPS) is 27.0. The average Bonchev–Trinajstić information content (AvgIpc) is 3.46. The second-order valence-electron chi connectivity index (χ2n) is 9.94. The third-order valence-corrected chi connectivity index (χ3v) is 6.19. The van der Waals surface area contributed by atoms with Crippen LogP contribution in [0.5, 0.6) is 0 Å². The summed E-state index contributed by atoms with van der Waals surface area (Å²) in [5.41, 5.74) is 2.50. The third-order valence-electron chi connectivity index (χ3n) is 6.19. The van der Waals surface area contributed by atoms with Crippen LogP contribution in [-0.2, 0) is 9.53 Å². The Morgan fingerprint density at radius 3 is 2.40 bits per heavy atom. The highest BCUT2D eigenvalue weighted by molar-refractivity contribution is 5.70. The number of nitrogens with one attached hydrogen (secondary N) is 2. The van der Waals surface area contributed by atoms with Gasteiger partial charge in [-0.05, 0) is 70.8 Å². The number of carbonyl (C=O) groups is 1. The van der Waals surface area contributed by atoms with Crippen molar-refractivity contribution in [3.05, 3.63) is 41.5 Å². The molecule has 2 N–H and O–H groups in total. The van der Waals surface area contributed by atoms with E-state index in [1.807, 2.05) is 20.8 Å². The van der Waals surface area contributed by atoms with Crippen LogP contribution in [0.4, 0.5) is 0 Å².